The largest absolute Gasteiger partial charge is 0.273 e. The van der Waals surface area contributed by atoms with E-state index < -0.39 is 14.9 Å². The second-order valence-electron chi connectivity index (χ2n) is 5.28. The van der Waals surface area contributed by atoms with Gasteiger partial charge in [0.05, 0.1) is 9.82 Å². The van der Waals surface area contributed by atoms with Gasteiger partial charge < -0.3 is 0 Å². The molecule has 0 unspecified atom stereocenters. The molecule has 0 amide bonds. The highest BCUT2D eigenvalue weighted by atomic mass is 32.2. The van der Waals surface area contributed by atoms with Crippen molar-refractivity contribution in [3.05, 3.63) is 69.3 Å². The van der Waals surface area contributed by atoms with E-state index in [4.69, 9.17) is 0 Å². The van der Waals surface area contributed by atoms with Crippen LogP contribution in [0, 0.1) is 24.0 Å². The number of rotatable bonds is 6. The lowest BCUT2D eigenvalue weighted by Crippen LogP contribution is -2.26. The molecule has 0 heterocycles. The van der Waals surface area contributed by atoms with Gasteiger partial charge in [-0.05, 0) is 37.5 Å². The first kappa shape index (κ1) is 17.1. The van der Waals surface area contributed by atoms with Crippen molar-refractivity contribution in [1.29, 1.82) is 0 Å². The summed E-state index contributed by atoms with van der Waals surface area (Å²) in [7, 11) is -3.77. The zero-order valence-corrected chi connectivity index (χ0v) is 13.8. The standard InChI is InChI=1S/C16H18N2O4S/c1-12-5-3-4-6-14(12)9-10-17-23(21,22)15-8-7-13(2)16(11-15)18(19)20/h3-8,11,17H,9-10H2,1-2H3. The molecular formula is C16H18N2O4S. The Morgan fingerprint density at radius 3 is 2.43 bits per heavy atom. The van der Waals surface area contributed by atoms with E-state index in [9.17, 15) is 18.5 Å². The number of benzene rings is 2. The maximum absolute atomic E-state index is 12.3. The molecule has 0 radical (unpaired) electrons. The number of nitro groups is 1. The fourth-order valence-corrected chi connectivity index (χ4v) is 3.30. The lowest BCUT2D eigenvalue weighted by molar-refractivity contribution is -0.385. The summed E-state index contributed by atoms with van der Waals surface area (Å²) in [5, 5.41) is 10.9. The van der Waals surface area contributed by atoms with Gasteiger partial charge in [0.2, 0.25) is 10.0 Å². The molecule has 1 N–H and O–H groups in total. The van der Waals surface area contributed by atoms with Gasteiger partial charge in [0.15, 0.2) is 0 Å². The summed E-state index contributed by atoms with van der Waals surface area (Å²) in [4.78, 5) is 10.2. The number of nitro benzene ring substituents is 1. The summed E-state index contributed by atoms with van der Waals surface area (Å²) in [6, 6.07) is 11.6. The molecule has 7 heteroatoms. The quantitative estimate of drug-likeness (QED) is 0.650. The molecule has 6 nitrogen and oxygen atoms in total. The van der Waals surface area contributed by atoms with Crippen molar-refractivity contribution < 1.29 is 13.3 Å². The lowest BCUT2D eigenvalue weighted by atomic mass is 10.1. The summed E-state index contributed by atoms with van der Waals surface area (Å²) >= 11 is 0. The molecule has 0 aliphatic carbocycles. The normalized spacial score (nSPS) is 11.4. The van der Waals surface area contributed by atoms with Gasteiger partial charge in [-0.15, -0.1) is 0 Å². The van der Waals surface area contributed by atoms with Crippen molar-refractivity contribution in [1.82, 2.24) is 4.72 Å². The molecule has 0 saturated carbocycles. The van der Waals surface area contributed by atoms with E-state index in [1.807, 2.05) is 31.2 Å². The van der Waals surface area contributed by atoms with Crippen molar-refractivity contribution in [2.24, 2.45) is 0 Å². The fraction of sp³-hybridized carbons (Fsp3) is 0.250. The third-order valence-corrected chi connectivity index (χ3v) is 5.09. The number of hydrogen-bond donors (Lipinski definition) is 1. The first-order valence-electron chi connectivity index (χ1n) is 7.10. The predicted molar refractivity (Wildman–Crippen MR) is 87.9 cm³/mol. The number of hydrogen-bond acceptors (Lipinski definition) is 4. The average molecular weight is 334 g/mol. The van der Waals surface area contributed by atoms with Crippen LogP contribution >= 0.6 is 0 Å². The van der Waals surface area contributed by atoms with E-state index in [1.165, 1.54) is 12.1 Å². The highest BCUT2D eigenvalue weighted by Crippen LogP contribution is 2.22. The van der Waals surface area contributed by atoms with Gasteiger partial charge in [-0.2, -0.15) is 0 Å². The Labute approximate surface area is 135 Å². The van der Waals surface area contributed by atoms with Crippen LogP contribution in [0.4, 0.5) is 5.69 Å². The Balaban J connectivity index is 2.12. The summed E-state index contributed by atoms with van der Waals surface area (Å²) in [5.41, 5.74) is 2.38. The lowest BCUT2D eigenvalue weighted by Gasteiger charge is -2.09. The number of nitrogens with zero attached hydrogens (tertiary/aromatic N) is 1. The summed E-state index contributed by atoms with van der Waals surface area (Å²) < 4.78 is 27.0. The molecule has 0 spiro atoms. The Kier molecular flexibility index (Phi) is 5.12. The topological polar surface area (TPSA) is 89.3 Å². The second-order valence-corrected chi connectivity index (χ2v) is 7.05. The van der Waals surface area contributed by atoms with Crippen LogP contribution in [0.1, 0.15) is 16.7 Å². The van der Waals surface area contributed by atoms with Crippen molar-refractivity contribution in [3.8, 4) is 0 Å². The minimum Gasteiger partial charge on any atom is -0.258 e. The minimum atomic E-state index is -3.77. The third kappa shape index (κ3) is 4.14. The molecule has 23 heavy (non-hydrogen) atoms. The molecule has 0 aliphatic rings. The van der Waals surface area contributed by atoms with Gasteiger partial charge in [0.25, 0.3) is 5.69 Å². The van der Waals surface area contributed by atoms with Crippen molar-refractivity contribution in [2.45, 2.75) is 25.2 Å². The zero-order chi connectivity index (χ0) is 17.0. The van der Waals surface area contributed by atoms with Crippen LogP contribution in [-0.2, 0) is 16.4 Å². The predicted octanol–water partition coefficient (Wildman–Crippen LogP) is 2.73. The Morgan fingerprint density at radius 1 is 1.09 bits per heavy atom. The molecule has 2 rings (SSSR count). The minimum absolute atomic E-state index is 0.0976. The molecule has 2 aromatic carbocycles. The van der Waals surface area contributed by atoms with Crippen LogP contribution in [0.15, 0.2) is 47.4 Å². The summed E-state index contributed by atoms with van der Waals surface area (Å²) in [6.07, 6.45) is 0.555. The van der Waals surface area contributed by atoms with Crippen LogP contribution in [0.5, 0.6) is 0 Å². The second kappa shape index (κ2) is 6.89. The van der Waals surface area contributed by atoms with E-state index in [0.717, 1.165) is 17.2 Å². The van der Waals surface area contributed by atoms with Gasteiger partial charge in [-0.25, -0.2) is 13.1 Å². The summed E-state index contributed by atoms with van der Waals surface area (Å²) in [6.45, 7) is 3.77. The van der Waals surface area contributed by atoms with Crippen molar-refractivity contribution >= 4 is 15.7 Å². The first-order chi connectivity index (χ1) is 10.8. The highest BCUT2D eigenvalue weighted by Gasteiger charge is 2.19. The first-order valence-corrected chi connectivity index (χ1v) is 8.59. The Bertz CT molecular complexity index is 832. The van der Waals surface area contributed by atoms with E-state index >= 15 is 0 Å². The van der Waals surface area contributed by atoms with Gasteiger partial charge in [-0.3, -0.25) is 10.1 Å². The SMILES string of the molecule is Cc1ccccc1CCNS(=O)(=O)c1ccc(C)c([N+](=O)[O-])c1. The summed E-state index contributed by atoms with van der Waals surface area (Å²) in [5.74, 6) is 0. The molecule has 0 aromatic heterocycles. The smallest absolute Gasteiger partial charge is 0.258 e. The van der Waals surface area contributed by atoms with Crippen LogP contribution in [0.3, 0.4) is 0 Å². The van der Waals surface area contributed by atoms with Crippen molar-refractivity contribution in [3.63, 3.8) is 0 Å². The highest BCUT2D eigenvalue weighted by molar-refractivity contribution is 7.89. The molecule has 0 bridgehead atoms. The fourth-order valence-electron chi connectivity index (χ4n) is 2.25. The zero-order valence-electron chi connectivity index (χ0n) is 12.9. The molecule has 0 saturated heterocycles. The van der Waals surface area contributed by atoms with E-state index in [-0.39, 0.29) is 17.1 Å². The maximum atomic E-state index is 12.3. The Hall–Kier alpha value is -2.25. The monoisotopic (exact) mass is 334 g/mol. The maximum Gasteiger partial charge on any atom is 0.273 e. The van der Waals surface area contributed by atoms with Gasteiger partial charge in [0, 0.05) is 18.2 Å². The molecule has 2 aromatic rings. The van der Waals surface area contributed by atoms with Crippen molar-refractivity contribution in [2.75, 3.05) is 6.54 Å². The van der Waals surface area contributed by atoms with Gasteiger partial charge >= 0.3 is 0 Å². The van der Waals surface area contributed by atoms with Crippen LogP contribution < -0.4 is 4.72 Å². The number of aryl methyl sites for hydroxylation is 2. The third-order valence-electron chi connectivity index (χ3n) is 3.64. The molecule has 0 aliphatic heterocycles. The van der Waals surface area contributed by atoms with Gasteiger partial charge in [0.1, 0.15) is 0 Å². The van der Waals surface area contributed by atoms with Crippen LogP contribution in [-0.4, -0.2) is 19.9 Å². The average Bonchev–Trinajstić information content (AvgIpc) is 2.49. The number of sulfonamides is 1. The van der Waals surface area contributed by atoms with Crippen LogP contribution in [0.2, 0.25) is 0 Å². The van der Waals surface area contributed by atoms with E-state index in [2.05, 4.69) is 4.72 Å². The molecule has 0 fully saturated rings. The number of nitrogens with one attached hydrogen (secondary N) is 1. The van der Waals surface area contributed by atoms with E-state index in [0.29, 0.717) is 12.0 Å². The Morgan fingerprint density at radius 2 is 1.78 bits per heavy atom. The van der Waals surface area contributed by atoms with E-state index in [1.54, 1.807) is 6.92 Å². The van der Waals surface area contributed by atoms with Crippen LogP contribution in [0.25, 0.3) is 0 Å². The molecule has 122 valence electrons. The molecule has 0 atom stereocenters. The molecular weight excluding hydrogens is 316 g/mol. The van der Waals surface area contributed by atoms with Gasteiger partial charge in [-0.1, -0.05) is 30.3 Å².